The van der Waals surface area contributed by atoms with E-state index < -0.39 is 11.9 Å². The van der Waals surface area contributed by atoms with Crippen molar-refractivity contribution in [2.24, 2.45) is 5.10 Å². The average molecular weight is 337 g/mol. The van der Waals surface area contributed by atoms with E-state index in [4.69, 9.17) is 0 Å². The fraction of sp³-hybridized carbons (Fsp3) is 0.312. The van der Waals surface area contributed by atoms with Gasteiger partial charge in [-0.15, -0.1) is 0 Å². The van der Waals surface area contributed by atoms with Crippen LogP contribution in [-0.4, -0.2) is 22.7 Å². The van der Waals surface area contributed by atoms with Crippen molar-refractivity contribution in [2.45, 2.75) is 26.9 Å². The van der Waals surface area contributed by atoms with Crippen molar-refractivity contribution in [1.29, 1.82) is 0 Å². The monoisotopic (exact) mass is 337 g/mol. The van der Waals surface area contributed by atoms with Crippen LogP contribution in [0.2, 0.25) is 0 Å². The second kappa shape index (κ2) is 6.86. The summed E-state index contributed by atoms with van der Waals surface area (Å²) in [5.74, 6) is -0.112. The zero-order chi connectivity index (χ0) is 17.9. The first-order chi connectivity index (χ1) is 11.1. The van der Waals surface area contributed by atoms with Crippen LogP contribution < -0.4 is 10.3 Å². The number of hydrogen-bond acceptors (Lipinski definition) is 5. The van der Waals surface area contributed by atoms with Crippen LogP contribution in [0.5, 0.6) is 0 Å². The van der Waals surface area contributed by atoms with Gasteiger partial charge in [-0.2, -0.15) is 18.3 Å². The van der Waals surface area contributed by atoms with Gasteiger partial charge in [-0.25, -0.2) is 9.97 Å². The highest BCUT2D eigenvalue weighted by Gasteiger charge is 2.32. The van der Waals surface area contributed by atoms with Crippen LogP contribution in [0.3, 0.4) is 0 Å². The van der Waals surface area contributed by atoms with Gasteiger partial charge in [0, 0.05) is 24.6 Å². The van der Waals surface area contributed by atoms with Gasteiger partial charge in [-0.3, -0.25) is 5.01 Å². The summed E-state index contributed by atoms with van der Waals surface area (Å²) in [6.45, 7) is 5.64. The van der Waals surface area contributed by atoms with E-state index in [-0.39, 0.29) is 5.95 Å². The Balaban J connectivity index is 2.31. The van der Waals surface area contributed by atoms with Crippen LogP contribution >= 0.6 is 0 Å². The quantitative estimate of drug-likeness (QED) is 0.664. The molecule has 8 heteroatoms. The molecule has 1 N–H and O–H groups in total. The van der Waals surface area contributed by atoms with Crippen LogP contribution in [0.25, 0.3) is 0 Å². The van der Waals surface area contributed by atoms with Crippen LogP contribution in [0.4, 0.5) is 30.5 Å². The standard InChI is InChI=1S/C16H18F3N5/c1-10(2)23-24(4)13-8-11(3)7-12(9-13)21-15-20-6-5-14(22-15)16(17,18)19/h5-9H,1-4H3,(H,20,21,22). The third-order valence-electron chi connectivity index (χ3n) is 2.99. The van der Waals surface area contributed by atoms with E-state index in [0.29, 0.717) is 5.69 Å². The normalized spacial score (nSPS) is 11.1. The minimum absolute atomic E-state index is 0.112. The van der Waals surface area contributed by atoms with Crippen LogP contribution in [0, 0.1) is 6.92 Å². The number of hydrazone groups is 1. The van der Waals surface area contributed by atoms with Gasteiger partial charge < -0.3 is 5.32 Å². The summed E-state index contributed by atoms with van der Waals surface area (Å²) in [7, 11) is 1.80. The largest absolute Gasteiger partial charge is 0.433 e. The molecular weight excluding hydrogens is 319 g/mol. The Morgan fingerprint density at radius 1 is 1.21 bits per heavy atom. The molecular formula is C16H18F3N5. The first-order valence-corrected chi connectivity index (χ1v) is 7.19. The number of nitrogens with zero attached hydrogens (tertiary/aromatic N) is 4. The Labute approximate surface area is 138 Å². The van der Waals surface area contributed by atoms with Gasteiger partial charge in [-0.1, -0.05) is 0 Å². The Bertz CT molecular complexity index is 752. The second-order valence-electron chi connectivity index (χ2n) is 5.52. The molecule has 0 amide bonds. The summed E-state index contributed by atoms with van der Waals surface area (Å²) < 4.78 is 38.2. The SMILES string of the molecule is CC(C)=NN(C)c1cc(C)cc(Nc2nccc(C(F)(F)F)n2)c1. The number of anilines is 3. The lowest BCUT2D eigenvalue weighted by Crippen LogP contribution is -2.12. The van der Waals surface area contributed by atoms with Crippen molar-refractivity contribution >= 4 is 23.0 Å². The minimum Gasteiger partial charge on any atom is -0.324 e. The third-order valence-corrected chi connectivity index (χ3v) is 2.99. The molecule has 0 radical (unpaired) electrons. The summed E-state index contributed by atoms with van der Waals surface area (Å²) in [5, 5.41) is 8.83. The molecule has 128 valence electrons. The molecule has 0 saturated carbocycles. The number of halogens is 3. The van der Waals surface area contributed by atoms with E-state index in [1.807, 2.05) is 26.8 Å². The molecule has 0 saturated heterocycles. The third kappa shape index (κ3) is 4.68. The topological polar surface area (TPSA) is 53.4 Å². The van der Waals surface area contributed by atoms with Gasteiger partial charge in [0.25, 0.3) is 0 Å². The van der Waals surface area contributed by atoms with Crippen molar-refractivity contribution in [2.75, 3.05) is 17.4 Å². The van der Waals surface area contributed by atoms with E-state index >= 15 is 0 Å². The molecule has 24 heavy (non-hydrogen) atoms. The van der Waals surface area contributed by atoms with Crippen molar-refractivity contribution in [3.63, 3.8) is 0 Å². The number of benzene rings is 1. The number of aryl methyl sites for hydroxylation is 1. The number of hydrogen-bond donors (Lipinski definition) is 1. The van der Waals surface area contributed by atoms with E-state index in [0.717, 1.165) is 29.2 Å². The molecule has 0 atom stereocenters. The van der Waals surface area contributed by atoms with Crippen molar-refractivity contribution in [1.82, 2.24) is 9.97 Å². The summed E-state index contributed by atoms with van der Waals surface area (Å²) in [5.41, 5.74) is 2.20. The van der Waals surface area contributed by atoms with Crippen molar-refractivity contribution in [3.05, 3.63) is 41.7 Å². The highest BCUT2D eigenvalue weighted by Crippen LogP contribution is 2.28. The maximum absolute atomic E-state index is 12.7. The average Bonchev–Trinajstić information content (AvgIpc) is 2.45. The van der Waals surface area contributed by atoms with Crippen molar-refractivity contribution < 1.29 is 13.2 Å². The zero-order valence-electron chi connectivity index (χ0n) is 13.8. The number of rotatable bonds is 4. The Hall–Kier alpha value is -2.64. The molecule has 5 nitrogen and oxygen atoms in total. The molecule has 0 aliphatic rings. The maximum atomic E-state index is 12.7. The Kier molecular flexibility index (Phi) is 5.06. The smallest absolute Gasteiger partial charge is 0.324 e. The lowest BCUT2D eigenvalue weighted by molar-refractivity contribution is -0.141. The van der Waals surface area contributed by atoms with E-state index in [1.165, 1.54) is 0 Å². The number of alkyl halides is 3. The Morgan fingerprint density at radius 3 is 2.54 bits per heavy atom. The molecule has 1 aromatic heterocycles. The van der Waals surface area contributed by atoms with Gasteiger partial charge in [0.05, 0.1) is 5.69 Å². The molecule has 1 aromatic carbocycles. The van der Waals surface area contributed by atoms with Crippen LogP contribution in [-0.2, 0) is 6.18 Å². The fourth-order valence-corrected chi connectivity index (χ4v) is 2.09. The predicted molar refractivity (Wildman–Crippen MR) is 88.7 cm³/mol. The number of aromatic nitrogens is 2. The minimum atomic E-state index is -4.51. The van der Waals surface area contributed by atoms with E-state index in [9.17, 15) is 13.2 Å². The zero-order valence-corrected chi connectivity index (χ0v) is 13.8. The molecule has 1 heterocycles. The van der Waals surface area contributed by atoms with Crippen molar-refractivity contribution in [3.8, 4) is 0 Å². The van der Waals surface area contributed by atoms with Gasteiger partial charge >= 0.3 is 6.18 Å². The van der Waals surface area contributed by atoms with Gasteiger partial charge in [0.2, 0.25) is 5.95 Å². The Morgan fingerprint density at radius 2 is 1.92 bits per heavy atom. The van der Waals surface area contributed by atoms with E-state index in [2.05, 4.69) is 20.4 Å². The van der Waals surface area contributed by atoms with E-state index in [1.54, 1.807) is 24.2 Å². The van der Waals surface area contributed by atoms with Crippen LogP contribution in [0.1, 0.15) is 25.1 Å². The molecule has 0 aliphatic heterocycles. The summed E-state index contributed by atoms with van der Waals surface area (Å²) >= 11 is 0. The molecule has 2 aromatic rings. The molecule has 0 unspecified atom stereocenters. The molecule has 0 spiro atoms. The summed E-state index contributed by atoms with van der Waals surface area (Å²) in [4.78, 5) is 7.34. The maximum Gasteiger partial charge on any atom is 0.433 e. The summed E-state index contributed by atoms with van der Waals surface area (Å²) in [6.07, 6.45) is -3.43. The fourth-order valence-electron chi connectivity index (χ4n) is 2.09. The van der Waals surface area contributed by atoms with Gasteiger partial charge in [0.15, 0.2) is 0 Å². The molecule has 0 fully saturated rings. The van der Waals surface area contributed by atoms with Gasteiger partial charge in [0.1, 0.15) is 5.69 Å². The lowest BCUT2D eigenvalue weighted by atomic mass is 10.2. The predicted octanol–water partition coefficient (Wildman–Crippen LogP) is 4.38. The first-order valence-electron chi connectivity index (χ1n) is 7.19. The van der Waals surface area contributed by atoms with Gasteiger partial charge in [-0.05, 0) is 50.6 Å². The molecule has 2 rings (SSSR count). The second-order valence-corrected chi connectivity index (χ2v) is 5.52. The first kappa shape index (κ1) is 17.7. The highest BCUT2D eigenvalue weighted by molar-refractivity contribution is 5.80. The summed E-state index contributed by atoms with van der Waals surface area (Å²) in [6, 6.07) is 6.32. The molecule has 0 aliphatic carbocycles. The molecule has 0 bridgehead atoms. The lowest BCUT2D eigenvalue weighted by Gasteiger charge is -2.16. The highest BCUT2D eigenvalue weighted by atomic mass is 19.4. The number of nitrogens with one attached hydrogen (secondary N) is 1. The van der Waals surface area contributed by atoms with Crippen LogP contribution in [0.15, 0.2) is 35.6 Å².